The summed E-state index contributed by atoms with van der Waals surface area (Å²) in [5.74, 6) is 0.426. The molecule has 0 N–H and O–H groups in total. The Morgan fingerprint density at radius 3 is 2.38 bits per heavy atom. The van der Waals surface area contributed by atoms with Crippen molar-refractivity contribution in [3.05, 3.63) is 35.4 Å². The van der Waals surface area contributed by atoms with Gasteiger partial charge in [-0.3, -0.25) is 0 Å². The Balaban J connectivity index is 1.87. The average Bonchev–Trinajstić information content (AvgIpc) is 2.82. The van der Waals surface area contributed by atoms with Crippen LogP contribution in [0.25, 0.3) is 0 Å². The Labute approximate surface area is 158 Å². The van der Waals surface area contributed by atoms with Crippen LogP contribution in [0, 0.1) is 5.92 Å². The Kier molecular flexibility index (Phi) is 4.34. The van der Waals surface area contributed by atoms with Gasteiger partial charge in [-0.2, -0.15) is 0 Å². The summed E-state index contributed by atoms with van der Waals surface area (Å²) < 4.78 is 19.8. The van der Waals surface area contributed by atoms with Gasteiger partial charge in [0.2, 0.25) is 0 Å². The Bertz CT molecular complexity index is 670. The fourth-order valence-corrected chi connectivity index (χ4v) is 5.39. The van der Waals surface area contributed by atoms with Gasteiger partial charge in [0.05, 0.1) is 23.4 Å². The highest BCUT2D eigenvalue weighted by Crippen LogP contribution is 2.55. The molecule has 0 bridgehead atoms. The van der Waals surface area contributed by atoms with E-state index in [9.17, 15) is 0 Å². The second-order valence-electron chi connectivity index (χ2n) is 9.51. The first kappa shape index (κ1) is 18.5. The molecule has 4 heteroatoms. The molecule has 2 fully saturated rings. The smallest absolute Gasteiger partial charge is 0.403 e. The summed E-state index contributed by atoms with van der Waals surface area (Å²) >= 11 is 0. The largest absolute Gasteiger partial charge is 0.469 e. The Morgan fingerprint density at radius 1 is 1.08 bits per heavy atom. The first-order chi connectivity index (χ1) is 12.2. The number of aryl methyl sites for hydroxylation is 1. The fourth-order valence-electron chi connectivity index (χ4n) is 5.39. The zero-order valence-corrected chi connectivity index (χ0v) is 17.2. The summed E-state index contributed by atoms with van der Waals surface area (Å²) in [6, 6.07) is 8.95. The zero-order chi connectivity index (χ0) is 18.7. The first-order valence-electron chi connectivity index (χ1n) is 10.3. The highest BCUT2D eigenvalue weighted by molar-refractivity contribution is 6.50. The number of ether oxygens (including phenoxy) is 1. The molecule has 2 heterocycles. The molecule has 0 radical (unpaired) electrons. The van der Waals surface area contributed by atoms with Gasteiger partial charge in [0.25, 0.3) is 0 Å². The molecule has 0 saturated carbocycles. The summed E-state index contributed by atoms with van der Waals surface area (Å²) in [5.41, 5.74) is 2.27. The van der Waals surface area contributed by atoms with E-state index < -0.39 is 0 Å². The van der Waals surface area contributed by atoms with Crippen LogP contribution in [0.1, 0.15) is 71.9 Å². The molecule has 2 aliphatic heterocycles. The highest BCUT2D eigenvalue weighted by atomic mass is 16.7. The minimum absolute atomic E-state index is 0.127. The van der Waals surface area contributed by atoms with Gasteiger partial charge in [0.1, 0.15) is 0 Å². The minimum atomic E-state index is -0.313. The molecular formula is C22H33BO3. The van der Waals surface area contributed by atoms with Gasteiger partial charge in [-0.15, -0.1) is 0 Å². The third-order valence-corrected chi connectivity index (χ3v) is 7.57. The average molecular weight is 356 g/mol. The van der Waals surface area contributed by atoms with Gasteiger partial charge >= 0.3 is 7.12 Å². The molecule has 3 aliphatic rings. The van der Waals surface area contributed by atoms with E-state index in [2.05, 4.69) is 65.8 Å². The minimum Gasteiger partial charge on any atom is -0.403 e. The van der Waals surface area contributed by atoms with Crippen LogP contribution < -0.4 is 0 Å². The molecule has 1 aliphatic carbocycles. The molecule has 0 aromatic heterocycles. The number of benzene rings is 1. The number of fused-ring (bicyclic) bond motifs is 3. The molecule has 2 saturated heterocycles. The maximum atomic E-state index is 6.68. The molecule has 4 rings (SSSR count). The topological polar surface area (TPSA) is 27.7 Å². The summed E-state index contributed by atoms with van der Waals surface area (Å²) in [7, 11) is -0.223. The normalized spacial score (nSPS) is 37.9. The lowest BCUT2D eigenvalue weighted by atomic mass is 9.41. The standard InChI is InChI=1S/C22H33BO3/c1-7-17-14-22(23-25-20(3,4)21(5,6)26-23)18(15(2)24-17)13-12-16-10-8-9-11-19(16)22/h8-11,15,17-18H,7,12-14H2,1-6H3/t15-,17+,18-,22+/m0/s1. The van der Waals surface area contributed by atoms with Crippen LogP contribution in [0.3, 0.4) is 0 Å². The molecule has 0 spiro atoms. The predicted octanol–water partition coefficient (Wildman–Crippen LogP) is 4.71. The van der Waals surface area contributed by atoms with Crippen LogP contribution in [0.5, 0.6) is 0 Å². The van der Waals surface area contributed by atoms with Crippen LogP contribution in [0.15, 0.2) is 24.3 Å². The summed E-state index contributed by atoms with van der Waals surface area (Å²) in [4.78, 5) is 0. The molecule has 4 atom stereocenters. The van der Waals surface area contributed by atoms with Crippen molar-refractivity contribution in [1.29, 1.82) is 0 Å². The fraction of sp³-hybridized carbons (Fsp3) is 0.727. The molecule has 26 heavy (non-hydrogen) atoms. The number of hydrogen-bond donors (Lipinski definition) is 0. The van der Waals surface area contributed by atoms with Crippen molar-refractivity contribution in [2.24, 2.45) is 5.92 Å². The molecule has 1 aromatic carbocycles. The molecular weight excluding hydrogens is 323 g/mol. The van der Waals surface area contributed by atoms with E-state index in [1.54, 1.807) is 0 Å². The predicted molar refractivity (Wildman–Crippen MR) is 105 cm³/mol. The van der Waals surface area contributed by atoms with Crippen LogP contribution in [0.4, 0.5) is 0 Å². The Morgan fingerprint density at radius 2 is 1.73 bits per heavy atom. The lowest BCUT2D eigenvalue weighted by Gasteiger charge is -2.53. The van der Waals surface area contributed by atoms with Crippen molar-refractivity contribution in [3.8, 4) is 0 Å². The van der Waals surface area contributed by atoms with Crippen molar-refractivity contribution in [2.45, 2.75) is 96.0 Å². The van der Waals surface area contributed by atoms with Crippen LogP contribution in [-0.2, 0) is 25.8 Å². The van der Waals surface area contributed by atoms with Gasteiger partial charge in [0.15, 0.2) is 0 Å². The SMILES string of the molecule is CC[C@@H]1C[C@]2(B3OC(C)(C)C(C)(C)O3)c3ccccc3CC[C@H]2[C@H](C)O1. The molecule has 3 nitrogen and oxygen atoms in total. The maximum absolute atomic E-state index is 6.68. The van der Waals surface area contributed by atoms with Crippen molar-refractivity contribution < 1.29 is 14.0 Å². The third-order valence-electron chi connectivity index (χ3n) is 7.57. The van der Waals surface area contributed by atoms with E-state index >= 15 is 0 Å². The van der Waals surface area contributed by atoms with E-state index in [1.807, 2.05) is 0 Å². The van der Waals surface area contributed by atoms with Gasteiger partial charge < -0.3 is 14.0 Å². The molecule has 0 unspecified atom stereocenters. The second-order valence-corrected chi connectivity index (χ2v) is 9.51. The quantitative estimate of drug-likeness (QED) is 0.719. The van der Waals surface area contributed by atoms with E-state index in [0.717, 1.165) is 25.7 Å². The third kappa shape index (κ3) is 2.52. The van der Waals surface area contributed by atoms with E-state index in [0.29, 0.717) is 5.92 Å². The monoisotopic (exact) mass is 356 g/mol. The second kappa shape index (κ2) is 6.08. The van der Waals surface area contributed by atoms with Crippen molar-refractivity contribution in [1.82, 2.24) is 0 Å². The summed E-state index contributed by atoms with van der Waals surface area (Å²) in [6.07, 6.45) is 4.74. The zero-order valence-electron chi connectivity index (χ0n) is 17.2. The van der Waals surface area contributed by atoms with Crippen LogP contribution in [0.2, 0.25) is 0 Å². The first-order valence-corrected chi connectivity index (χ1v) is 10.3. The number of hydrogen-bond acceptors (Lipinski definition) is 3. The van der Waals surface area contributed by atoms with Gasteiger partial charge in [-0.1, -0.05) is 31.2 Å². The molecule has 1 aromatic rings. The van der Waals surface area contributed by atoms with E-state index in [-0.39, 0.29) is 35.8 Å². The van der Waals surface area contributed by atoms with Crippen molar-refractivity contribution >= 4 is 7.12 Å². The number of rotatable bonds is 2. The van der Waals surface area contributed by atoms with Crippen LogP contribution in [-0.4, -0.2) is 30.5 Å². The highest BCUT2D eigenvalue weighted by Gasteiger charge is 2.66. The lowest BCUT2D eigenvalue weighted by molar-refractivity contribution is -0.107. The van der Waals surface area contributed by atoms with Gasteiger partial charge in [-0.25, -0.2) is 0 Å². The summed E-state index contributed by atoms with van der Waals surface area (Å²) in [6.45, 7) is 13.1. The van der Waals surface area contributed by atoms with E-state index in [1.165, 1.54) is 11.1 Å². The van der Waals surface area contributed by atoms with Gasteiger partial charge in [0, 0.05) is 5.31 Å². The van der Waals surface area contributed by atoms with Crippen molar-refractivity contribution in [3.63, 3.8) is 0 Å². The molecule has 142 valence electrons. The molecule has 0 amide bonds. The van der Waals surface area contributed by atoms with Crippen LogP contribution >= 0.6 is 0 Å². The van der Waals surface area contributed by atoms with E-state index in [4.69, 9.17) is 14.0 Å². The summed E-state index contributed by atoms with van der Waals surface area (Å²) in [5, 5.41) is -0.127. The Hall–Kier alpha value is -0.835. The lowest BCUT2D eigenvalue weighted by Crippen LogP contribution is -2.61. The van der Waals surface area contributed by atoms with Crippen molar-refractivity contribution in [2.75, 3.05) is 0 Å². The maximum Gasteiger partial charge on any atom is 0.469 e. The van der Waals surface area contributed by atoms with Gasteiger partial charge in [-0.05, 0) is 77.3 Å².